The number of rotatable bonds is 6. The maximum atomic E-state index is 12.1. The molecule has 0 radical (unpaired) electrons. The molecule has 6 nitrogen and oxygen atoms in total. The summed E-state index contributed by atoms with van der Waals surface area (Å²) in [6.45, 7) is 10.7. The van der Waals surface area contributed by atoms with Crippen molar-refractivity contribution in [3.63, 3.8) is 0 Å². The quantitative estimate of drug-likeness (QED) is 0.581. The standard InChI is InChI=1S/C22H36N4O2/c1-16(2)20(27)26-12-10-18(11-13-26)25-21(23-5)24-15-22(3,4)17-8-7-9-19(14-17)28-6/h7-9,14,16,18H,10-13,15H2,1-6H3,(H2,23,24,25). The molecule has 1 saturated heterocycles. The number of amides is 1. The third-order valence-electron chi connectivity index (χ3n) is 5.41. The van der Waals surface area contributed by atoms with Crippen molar-refractivity contribution in [3.8, 4) is 5.75 Å². The fraction of sp³-hybridized carbons (Fsp3) is 0.636. The Bertz CT molecular complexity index is 677. The maximum absolute atomic E-state index is 12.1. The van der Waals surface area contributed by atoms with Crippen LogP contribution in [0.1, 0.15) is 46.1 Å². The van der Waals surface area contributed by atoms with Gasteiger partial charge in [-0.25, -0.2) is 0 Å². The molecule has 2 rings (SSSR count). The van der Waals surface area contributed by atoms with Crippen molar-refractivity contribution in [2.45, 2.75) is 52.0 Å². The van der Waals surface area contributed by atoms with E-state index in [-0.39, 0.29) is 17.2 Å². The minimum atomic E-state index is -0.0702. The molecule has 1 aliphatic rings. The Morgan fingerprint density at radius 1 is 1.32 bits per heavy atom. The van der Waals surface area contributed by atoms with Crippen molar-refractivity contribution in [2.75, 3.05) is 33.8 Å². The number of carbonyl (C=O) groups excluding carboxylic acids is 1. The molecule has 0 aromatic heterocycles. The van der Waals surface area contributed by atoms with E-state index in [0.717, 1.165) is 44.2 Å². The van der Waals surface area contributed by atoms with Crippen LogP contribution in [-0.2, 0) is 10.2 Å². The van der Waals surface area contributed by atoms with Gasteiger partial charge in [-0.1, -0.05) is 39.8 Å². The molecule has 1 heterocycles. The van der Waals surface area contributed by atoms with Gasteiger partial charge < -0.3 is 20.3 Å². The second kappa shape index (κ2) is 9.80. The van der Waals surface area contributed by atoms with Crippen LogP contribution in [0.3, 0.4) is 0 Å². The molecule has 0 bridgehead atoms. The highest BCUT2D eigenvalue weighted by Crippen LogP contribution is 2.25. The first-order valence-electron chi connectivity index (χ1n) is 10.2. The van der Waals surface area contributed by atoms with Gasteiger partial charge in [0.2, 0.25) is 5.91 Å². The van der Waals surface area contributed by atoms with Gasteiger partial charge in [0.25, 0.3) is 0 Å². The fourth-order valence-electron chi connectivity index (χ4n) is 3.45. The molecule has 6 heteroatoms. The van der Waals surface area contributed by atoms with Crippen LogP contribution in [0.2, 0.25) is 0 Å². The number of carbonyl (C=O) groups is 1. The van der Waals surface area contributed by atoms with Crippen molar-refractivity contribution in [1.82, 2.24) is 15.5 Å². The van der Waals surface area contributed by atoms with Crippen LogP contribution in [0.4, 0.5) is 0 Å². The van der Waals surface area contributed by atoms with Gasteiger partial charge in [-0.3, -0.25) is 9.79 Å². The van der Waals surface area contributed by atoms with Crippen LogP contribution in [0.25, 0.3) is 0 Å². The van der Waals surface area contributed by atoms with Gasteiger partial charge >= 0.3 is 0 Å². The van der Waals surface area contributed by atoms with Gasteiger partial charge in [-0.05, 0) is 30.5 Å². The van der Waals surface area contributed by atoms with Crippen molar-refractivity contribution in [3.05, 3.63) is 29.8 Å². The van der Waals surface area contributed by atoms with Crippen molar-refractivity contribution >= 4 is 11.9 Å². The monoisotopic (exact) mass is 388 g/mol. The zero-order valence-electron chi connectivity index (χ0n) is 18.2. The molecule has 1 aromatic rings. The molecule has 1 fully saturated rings. The summed E-state index contributed by atoms with van der Waals surface area (Å²) in [5.74, 6) is 2.00. The molecular formula is C22H36N4O2. The van der Waals surface area contributed by atoms with Crippen LogP contribution in [0.15, 0.2) is 29.3 Å². The van der Waals surface area contributed by atoms with E-state index in [1.165, 1.54) is 5.56 Å². The molecular weight excluding hydrogens is 352 g/mol. The number of benzene rings is 1. The number of aliphatic imine (C=N–C) groups is 1. The summed E-state index contributed by atoms with van der Waals surface area (Å²) in [7, 11) is 3.49. The summed E-state index contributed by atoms with van der Waals surface area (Å²) in [6, 6.07) is 8.53. The zero-order chi connectivity index (χ0) is 20.7. The zero-order valence-corrected chi connectivity index (χ0v) is 18.2. The molecule has 156 valence electrons. The largest absolute Gasteiger partial charge is 0.497 e. The highest BCUT2D eigenvalue weighted by atomic mass is 16.5. The first kappa shape index (κ1) is 22.1. The van der Waals surface area contributed by atoms with Crippen LogP contribution in [-0.4, -0.2) is 56.6 Å². The Balaban J connectivity index is 1.87. The highest BCUT2D eigenvalue weighted by molar-refractivity contribution is 5.80. The van der Waals surface area contributed by atoms with Crippen LogP contribution >= 0.6 is 0 Å². The summed E-state index contributed by atoms with van der Waals surface area (Å²) >= 11 is 0. The number of hydrogen-bond acceptors (Lipinski definition) is 3. The Labute approximate surface area is 169 Å². The minimum absolute atomic E-state index is 0.0674. The second-order valence-corrected chi connectivity index (χ2v) is 8.44. The van der Waals surface area contributed by atoms with Gasteiger partial charge in [-0.2, -0.15) is 0 Å². The molecule has 28 heavy (non-hydrogen) atoms. The summed E-state index contributed by atoms with van der Waals surface area (Å²) in [4.78, 5) is 18.5. The predicted octanol–water partition coefficient (Wildman–Crippen LogP) is 2.78. The lowest BCUT2D eigenvalue weighted by Crippen LogP contribution is -2.51. The number of guanidine groups is 1. The summed E-state index contributed by atoms with van der Waals surface area (Å²) in [6.07, 6.45) is 1.89. The van der Waals surface area contributed by atoms with E-state index in [1.54, 1.807) is 14.2 Å². The molecule has 1 aromatic carbocycles. The van der Waals surface area contributed by atoms with Crippen LogP contribution in [0, 0.1) is 5.92 Å². The third kappa shape index (κ3) is 5.88. The lowest BCUT2D eigenvalue weighted by Gasteiger charge is -2.34. The Hall–Kier alpha value is -2.24. The van der Waals surface area contributed by atoms with Crippen LogP contribution < -0.4 is 15.4 Å². The molecule has 1 aliphatic heterocycles. The SMILES string of the molecule is CN=C(NCC(C)(C)c1cccc(OC)c1)NC1CCN(C(=O)C(C)C)CC1. The number of nitrogens with one attached hydrogen (secondary N) is 2. The average Bonchev–Trinajstić information content (AvgIpc) is 2.71. The van der Waals surface area contributed by atoms with E-state index in [4.69, 9.17) is 4.74 Å². The topological polar surface area (TPSA) is 66.0 Å². The van der Waals surface area contributed by atoms with Gasteiger partial charge in [0.05, 0.1) is 7.11 Å². The number of likely N-dealkylation sites (tertiary alicyclic amines) is 1. The van der Waals surface area contributed by atoms with Crippen molar-refractivity contribution in [1.29, 1.82) is 0 Å². The lowest BCUT2D eigenvalue weighted by molar-refractivity contribution is -0.135. The van der Waals surface area contributed by atoms with Gasteiger partial charge in [-0.15, -0.1) is 0 Å². The van der Waals surface area contributed by atoms with E-state index >= 15 is 0 Å². The van der Waals surface area contributed by atoms with Gasteiger partial charge in [0.15, 0.2) is 5.96 Å². The number of hydrogen-bond donors (Lipinski definition) is 2. The lowest BCUT2D eigenvalue weighted by atomic mass is 9.84. The van der Waals surface area contributed by atoms with Crippen LogP contribution in [0.5, 0.6) is 5.75 Å². The summed E-state index contributed by atoms with van der Waals surface area (Å²) < 4.78 is 5.35. The number of piperidine rings is 1. The van der Waals surface area contributed by atoms with E-state index in [9.17, 15) is 4.79 Å². The summed E-state index contributed by atoms with van der Waals surface area (Å²) in [5.41, 5.74) is 1.15. The third-order valence-corrected chi connectivity index (χ3v) is 5.41. The molecule has 2 N–H and O–H groups in total. The van der Waals surface area contributed by atoms with Gasteiger partial charge in [0, 0.05) is 44.1 Å². The summed E-state index contributed by atoms with van der Waals surface area (Å²) in [5, 5.41) is 6.98. The average molecular weight is 389 g/mol. The van der Waals surface area contributed by atoms with Crippen molar-refractivity contribution < 1.29 is 9.53 Å². The minimum Gasteiger partial charge on any atom is -0.497 e. The predicted molar refractivity (Wildman–Crippen MR) is 115 cm³/mol. The van der Waals surface area contributed by atoms with E-state index < -0.39 is 0 Å². The Morgan fingerprint density at radius 2 is 2.00 bits per heavy atom. The molecule has 0 unspecified atom stereocenters. The van der Waals surface area contributed by atoms with Gasteiger partial charge in [0.1, 0.15) is 5.75 Å². The molecule has 0 aliphatic carbocycles. The van der Waals surface area contributed by atoms with Crippen molar-refractivity contribution in [2.24, 2.45) is 10.9 Å². The molecule has 1 amide bonds. The fourth-order valence-corrected chi connectivity index (χ4v) is 3.45. The first-order valence-corrected chi connectivity index (χ1v) is 10.2. The first-order chi connectivity index (χ1) is 13.3. The molecule has 0 spiro atoms. The smallest absolute Gasteiger partial charge is 0.225 e. The highest BCUT2D eigenvalue weighted by Gasteiger charge is 2.26. The van der Waals surface area contributed by atoms with E-state index in [2.05, 4.69) is 41.6 Å². The molecule has 0 atom stereocenters. The van der Waals surface area contributed by atoms with E-state index in [1.807, 2.05) is 30.9 Å². The maximum Gasteiger partial charge on any atom is 0.225 e. The second-order valence-electron chi connectivity index (χ2n) is 8.44. The van der Waals surface area contributed by atoms with E-state index in [0.29, 0.717) is 6.04 Å². The number of nitrogens with zero attached hydrogens (tertiary/aromatic N) is 2. The number of ether oxygens (including phenoxy) is 1. The number of methoxy groups -OCH3 is 1. The Kier molecular flexibility index (Phi) is 7.72. The normalized spacial score (nSPS) is 16.2. The Morgan fingerprint density at radius 3 is 2.57 bits per heavy atom. The molecule has 0 saturated carbocycles.